The minimum atomic E-state index is -4.45. The number of nitrogens with zero attached hydrogens (tertiary/aromatic N) is 1. The Labute approximate surface area is 185 Å². The third-order valence-corrected chi connectivity index (χ3v) is 5.51. The summed E-state index contributed by atoms with van der Waals surface area (Å²) in [6.07, 6.45) is -3.88. The first-order chi connectivity index (χ1) is 15.1. The highest BCUT2D eigenvalue weighted by Crippen LogP contribution is 2.37. The van der Waals surface area contributed by atoms with Gasteiger partial charge in [0, 0.05) is 20.0 Å². The zero-order valence-electron chi connectivity index (χ0n) is 18.3. The highest BCUT2D eigenvalue weighted by atomic mass is 19.4. The molecule has 1 N–H and O–H groups in total. The number of hydrogen-bond donors (Lipinski definition) is 1. The van der Waals surface area contributed by atoms with Gasteiger partial charge in [0.2, 0.25) is 11.8 Å². The van der Waals surface area contributed by atoms with E-state index in [0.717, 1.165) is 17.7 Å². The van der Waals surface area contributed by atoms with Crippen LogP contribution in [0.5, 0.6) is 5.75 Å². The molecule has 2 amide bonds. The molecule has 172 valence electrons. The van der Waals surface area contributed by atoms with Crippen molar-refractivity contribution in [1.82, 2.24) is 10.2 Å². The highest BCUT2D eigenvalue weighted by Gasteiger charge is 2.39. The lowest BCUT2D eigenvalue weighted by Gasteiger charge is -2.38. The predicted octanol–water partition coefficient (Wildman–Crippen LogP) is 4.72. The van der Waals surface area contributed by atoms with E-state index in [1.54, 1.807) is 7.05 Å². The summed E-state index contributed by atoms with van der Waals surface area (Å²) in [5.41, 5.74) is 0.597. The van der Waals surface area contributed by atoms with Crippen LogP contribution in [0.2, 0.25) is 0 Å². The van der Waals surface area contributed by atoms with E-state index in [4.69, 9.17) is 4.74 Å². The predicted molar refractivity (Wildman–Crippen MR) is 114 cm³/mol. The number of benzene rings is 2. The number of amides is 2. The molecule has 1 fully saturated rings. The van der Waals surface area contributed by atoms with Crippen molar-refractivity contribution in [3.63, 3.8) is 0 Å². The molecule has 5 nitrogen and oxygen atoms in total. The fourth-order valence-electron chi connectivity index (χ4n) is 3.96. The number of nitrogens with one attached hydrogen (secondary N) is 1. The van der Waals surface area contributed by atoms with Gasteiger partial charge in [0.1, 0.15) is 5.75 Å². The molecule has 8 heteroatoms. The fourth-order valence-corrected chi connectivity index (χ4v) is 3.96. The monoisotopic (exact) mass is 448 g/mol. The van der Waals surface area contributed by atoms with E-state index < -0.39 is 23.7 Å². The topological polar surface area (TPSA) is 58.6 Å². The average Bonchev–Trinajstić information content (AvgIpc) is 2.73. The van der Waals surface area contributed by atoms with Gasteiger partial charge >= 0.3 is 6.18 Å². The van der Waals surface area contributed by atoms with Crippen LogP contribution in [0.25, 0.3) is 0 Å². The van der Waals surface area contributed by atoms with Gasteiger partial charge in [0.25, 0.3) is 0 Å². The van der Waals surface area contributed by atoms with Crippen molar-refractivity contribution in [3.8, 4) is 5.75 Å². The van der Waals surface area contributed by atoms with Crippen molar-refractivity contribution in [3.05, 3.63) is 65.2 Å². The molecule has 1 aliphatic rings. The van der Waals surface area contributed by atoms with E-state index in [-0.39, 0.29) is 30.9 Å². The van der Waals surface area contributed by atoms with Crippen LogP contribution in [-0.4, -0.2) is 29.9 Å². The van der Waals surface area contributed by atoms with Crippen molar-refractivity contribution in [2.24, 2.45) is 5.92 Å². The summed E-state index contributed by atoms with van der Waals surface area (Å²) in [6.45, 7) is 4.13. The second kappa shape index (κ2) is 9.63. The standard InChI is InChI=1S/C24H27F3N2O3/c1-15(2)32-19-6-4-5-16(13-19)14-28-23(31)20-11-12-21(30)29(3)22(20)17-7-9-18(10-8-17)24(25,26)27/h4-10,13,15,20,22H,11-12,14H2,1-3H3,(H,28,31). The van der Waals surface area contributed by atoms with E-state index in [9.17, 15) is 22.8 Å². The summed E-state index contributed by atoms with van der Waals surface area (Å²) in [6, 6.07) is 11.4. The lowest BCUT2D eigenvalue weighted by atomic mass is 9.83. The number of rotatable bonds is 6. The first kappa shape index (κ1) is 23.6. The van der Waals surface area contributed by atoms with Crippen molar-refractivity contribution in [2.45, 2.75) is 51.6 Å². The molecule has 1 saturated heterocycles. The Balaban J connectivity index is 1.75. The van der Waals surface area contributed by atoms with Gasteiger partial charge in [0.05, 0.1) is 23.6 Å². The molecule has 0 saturated carbocycles. The van der Waals surface area contributed by atoms with Gasteiger partial charge in [-0.3, -0.25) is 9.59 Å². The number of alkyl halides is 3. The van der Waals surface area contributed by atoms with Crippen LogP contribution >= 0.6 is 0 Å². The van der Waals surface area contributed by atoms with Crippen LogP contribution in [0.3, 0.4) is 0 Å². The summed E-state index contributed by atoms with van der Waals surface area (Å²) >= 11 is 0. The minimum absolute atomic E-state index is 0.0275. The summed E-state index contributed by atoms with van der Waals surface area (Å²) in [5.74, 6) is -0.246. The lowest BCUT2D eigenvalue weighted by Crippen LogP contribution is -2.46. The summed E-state index contributed by atoms with van der Waals surface area (Å²) in [4.78, 5) is 26.8. The molecule has 0 spiro atoms. The first-order valence-corrected chi connectivity index (χ1v) is 10.5. The largest absolute Gasteiger partial charge is 0.491 e. The van der Waals surface area contributed by atoms with Gasteiger partial charge in [-0.15, -0.1) is 0 Å². The summed E-state index contributed by atoms with van der Waals surface area (Å²) < 4.78 is 44.5. The molecule has 2 unspecified atom stereocenters. The third kappa shape index (κ3) is 5.60. The number of likely N-dealkylation sites (tertiary alicyclic amines) is 1. The van der Waals surface area contributed by atoms with E-state index in [1.165, 1.54) is 17.0 Å². The molecular formula is C24H27F3N2O3. The minimum Gasteiger partial charge on any atom is -0.491 e. The van der Waals surface area contributed by atoms with Crippen molar-refractivity contribution in [1.29, 1.82) is 0 Å². The summed E-state index contributed by atoms with van der Waals surface area (Å²) in [5, 5.41) is 2.91. The molecular weight excluding hydrogens is 421 g/mol. The quantitative estimate of drug-likeness (QED) is 0.696. The second-order valence-corrected chi connectivity index (χ2v) is 8.25. The van der Waals surface area contributed by atoms with E-state index >= 15 is 0 Å². The van der Waals surface area contributed by atoms with Gasteiger partial charge in [-0.1, -0.05) is 24.3 Å². The van der Waals surface area contributed by atoms with Crippen LogP contribution in [0.1, 0.15) is 49.4 Å². The van der Waals surface area contributed by atoms with Crippen molar-refractivity contribution in [2.75, 3.05) is 7.05 Å². The molecule has 0 bridgehead atoms. The molecule has 1 aliphatic heterocycles. The van der Waals surface area contributed by atoms with Crippen LogP contribution in [0.15, 0.2) is 48.5 Å². The van der Waals surface area contributed by atoms with E-state index in [0.29, 0.717) is 17.7 Å². The molecule has 2 aromatic rings. The Bertz CT molecular complexity index is 958. The fraction of sp³-hybridized carbons (Fsp3) is 0.417. The van der Waals surface area contributed by atoms with Gasteiger partial charge in [0.15, 0.2) is 0 Å². The van der Waals surface area contributed by atoms with Crippen molar-refractivity contribution < 1.29 is 27.5 Å². The Morgan fingerprint density at radius 2 is 1.88 bits per heavy atom. The van der Waals surface area contributed by atoms with Crippen LogP contribution < -0.4 is 10.1 Å². The zero-order valence-corrected chi connectivity index (χ0v) is 18.3. The Hall–Kier alpha value is -3.03. The molecule has 1 heterocycles. The smallest absolute Gasteiger partial charge is 0.416 e. The highest BCUT2D eigenvalue weighted by molar-refractivity contribution is 5.84. The van der Waals surface area contributed by atoms with Crippen LogP contribution in [-0.2, 0) is 22.3 Å². The molecule has 2 aromatic carbocycles. The number of halogens is 3. The average molecular weight is 448 g/mol. The number of hydrogen-bond acceptors (Lipinski definition) is 3. The van der Waals surface area contributed by atoms with Crippen LogP contribution in [0, 0.1) is 5.92 Å². The molecule has 3 rings (SSSR count). The molecule has 32 heavy (non-hydrogen) atoms. The second-order valence-electron chi connectivity index (χ2n) is 8.25. The molecule has 0 aliphatic carbocycles. The van der Waals surface area contributed by atoms with E-state index in [1.807, 2.05) is 38.1 Å². The van der Waals surface area contributed by atoms with Gasteiger partial charge in [-0.2, -0.15) is 13.2 Å². The zero-order chi connectivity index (χ0) is 23.5. The maximum atomic E-state index is 13.0. The van der Waals surface area contributed by atoms with Gasteiger partial charge in [-0.25, -0.2) is 0 Å². The Morgan fingerprint density at radius 3 is 2.50 bits per heavy atom. The summed E-state index contributed by atoms with van der Waals surface area (Å²) in [7, 11) is 1.58. The third-order valence-electron chi connectivity index (χ3n) is 5.51. The van der Waals surface area contributed by atoms with Crippen LogP contribution in [0.4, 0.5) is 13.2 Å². The lowest BCUT2D eigenvalue weighted by molar-refractivity contribution is -0.142. The number of ether oxygens (including phenoxy) is 1. The maximum absolute atomic E-state index is 13.0. The molecule has 0 radical (unpaired) electrons. The maximum Gasteiger partial charge on any atom is 0.416 e. The van der Waals surface area contributed by atoms with Crippen molar-refractivity contribution >= 4 is 11.8 Å². The Kier molecular flexibility index (Phi) is 7.11. The van der Waals surface area contributed by atoms with E-state index in [2.05, 4.69) is 5.32 Å². The molecule has 0 aromatic heterocycles. The molecule has 2 atom stereocenters. The first-order valence-electron chi connectivity index (χ1n) is 10.5. The Morgan fingerprint density at radius 1 is 1.19 bits per heavy atom. The number of carbonyl (C=O) groups excluding carboxylic acids is 2. The van der Waals surface area contributed by atoms with Gasteiger partial charge < -0.3 is 15.0 Å². The normalized spacial score (nSPS) is 19.2. The number of carbonyl (C=O) groups is 2. The number of piperidine rings is 1. The van der Waals surface area contributed by atoms with Gasteiger partial charge in [-0.05, 0) is 55.7 Å². The SMILES string of the molecule is CC(C)Oc1cccc(CNC(=O)C2CCC(=O)N(C)C2c2ccc(C(F)(F)F)cc2)c1.